The summed E-state index contributed by atoms with van der Waals surface area (Å²) < 4.78 is 16.6. The number of benzene rings is 4. The van der Waals surface area contributed by atoms with Crippen molar-refractivity contribution >= 4 is 34.5 Å². The van der Waals surface area contributed by atoms with Gasteiger partial charge in [0, 0.05) is 11.3 Å². The van der Waals surface area contributed by atoms with Crippen molar-refractivity contribution in [1.82, 2.24) is 5.43 Å². The van der Waals surface area contributed by atoms with E-state index in [2.05, 4.69) is 15.8 Å². The van der Waals surface area contributed by atoms with Crippen LogP contribution in [0.5, 0.6) is 17.2 Å². The zero-order valence-corrected chi connectivity index (χ0v) is 20.8. The summed E-state index contributed by atoms with van der Waals surface area (Å²) in [6.07, 6.45) is 1.43. The van der Waals surface area contributed by atoms with Crippen molar-refractivity contribution in [2.75, 3.05) is 26.1 Å². The lowest BCUT2D eigenvalue weighted by Gasteiger charge is -2.13. The summed E-state index contributed by atoms with van der Waals surface area (Å²) in [5, 5.41) is 8.75. The maximum absolute atomic E-state index is 12.9. The number of amides is 2. The van der Waals surface area contributed by atoms with Gasteiger partial charge in [-0.3, -0.25) is 9.59 Å². The van der Waals surface area contributed by atoms with E-state index in [4.69, 9.17) is 14.2 Å². The van der Waals surface area contributed by atoms with Crippen LogP contribution in [-0.4, -0.2) is 38.9 Å². The second kappa shape index (κ2) is 11.7. The van der Waals surface area contributed by atoms with Crippen LogP contribution in [0, 0.1) is 6.92 Å². The number of rotatable bonds is 9. The number of carbonyl (C=O) groups is 2. The predicted octanol–water partition coefficient (Wildman–Crippen LogP) is 4.95. The lowest BCUT2D eigenvalue weighted by atomic mass is 10.1. The first-order valence-corrected chi connectivity index (χ1v) is 11.5. The number of ether oxygens (including phenoxy) is 3. The largest absolute Gasteiger partial charge is 0.496 e. The number of fused-ring (bicyclic) bond motifs is 1. The number of anilines is 1. The van der Waals surface area contributed by atoms with Crippen molar-refractivity contribution in [1.29, 1.82) is 0 Å². The molecule has 0 heterocycles. The molecule has 0 aliphatic rings. The topological polar surface area (TPSA) is 98.2 Å². The molecule has 0 unspecified atom stereocenters. The molecule has 0 spiro atoms. The molecule has 8 heteroatoms. The monoisotopic (exact) mass is 497 g/mol. The van der Waals surface area contributed by atoms with Crippen molar-refractivity contribution in [2.24, 2.45) is 5.10 Å². The Bertz CT molecular complexity index is 1450. The first kappa shape index (κ1) is 25.2. The number of nitrogens with one attached hydrogen (secondary N) is 2. The Hall–Kier alpha value is -4.85. The molecule has 2 N–H and O–H groups in total. The van der Waals surface area contributed by atoms with Crippen LogP contribution in [0.15, 0.2) is 84.0 Å². The Labute approximate surface area is 214 Å². The summed E-state index contributed by atoms with van der Waals surface area (Å²) >= 11 is 0. The fourth-order valence-corrected chi connectivity index (χ4v) is 3.71. The van der Waals surface area contributed by atoms with Crippen LogP contribution in [0.3, 0.4) is 0 Å². The summed E-state index contributed by atoms with van der Waals surface area (Å²) in [7, 11) is 3.02. The molecule has 8 nitrogen and oxygen atoms in total. The number of nitrogens with zero attached hydrogens (tertiary/aromatic N) is 1. The van der Waals surface area contributed by atoms with E-state index < -0.39 is 5.91 Å². The van der Waals surface area contributed by atoms with Crippen LogP contribution >= 0.6 is 0 Å². The average Bonchev–Trinajstić information content (AvgIpc) is 2.92. The number of hydrogen-bond donors (Lipinski definition) is 2. The molecule has 0 saturated carbocycles. The van der Waals surface area contributed by atoms with E-state index in [1.54, 1.807) is 24.3 Å². The third kappa shape index (κ3) is 6.24. The number of aryl methyl sites for hydroxylation is 1. The SMILES string of the molecule is COc1cc2ccccc2cc1C(=O)NN=Cc1cccc(OC)c1OCC(=O)Nc1ccc(C)cc1. The molecule has 0 aliphatic heterocycles. The molecule has 4 aromatic rings. The molecule has 0 atom stereocenters. The van der Waals surface area contributed by atoms with Gasteiger partial charge < -0.3 is 19.5 Å². The van der Waals surface area contributed by atoms with Crippen molar-refractivity contribution in [3.8, 4) is 17.2 Å². The Morgan fingerprint density at radius 1 is 0.865 bits per heavy atom. The number of carbonyl (C=O) groups excluding carboxylic acids is 2. The Morgan fingerprint density at radius 2 is 1.57 bits per heavy atom. The number of hydrazone groups is 1. The van der Waals surface area contributed by atoms with E-state index in [1.807, 2.05) is 61.5 Å². The number of para-hydroxylation sites is 1. The Balaban J connectivity index is 1.47. The van der Waals surface area contributed by atoms with Crippen LogP contribution < -0.4 is 25.0 Å². The first-order chi connectivity index (χ1) is 18.0. The van der Waals surface area contributed by atoms with Gasteiger partial charge in [0.15, 0.2) is 18.1 Å². The summed E-state index contributed by atoms with van der Waals surface area (Å²) in [5.74, 6) is 0.437. The van der Waals surface area contributed by atoms with Crippen molar-refractivity contribution in [3.05, 3.63) is 95.6 Å². The van der Waals surface area contributed by atoms with E-state index in [0.717, 1.165) is 16.3 Å². The summed E-state index contributed by atoms with van der Waals surface area (Å²) in [6.45, 7) is 1.73. The van der Waals surface area contributed by atoms with E-state index in [9.17, 15) is 9.59 Å². The smallest absolute Gasteiger partial charge is 0.275 e. The highest BCUT2D eigenvalue weighted by atomic mass is 16.5. The zero-order valence-electron chi connectivity index (χ0n) is 20.8. The standard InChI is InChI=1S/C29H27N3O5/c1-19-11-13-23(14-12-19)31-27(33)18-37-28-22(9-6-10-25(28)35-2)17-30-32-29(34)24-15-20-7-4-5-8-21(20)16-26(24)36-3/h4-17H,18H2,1-3H3,(H,31,33)(H,32,34). The molecule has 188 valence electrons. The van der Waals surface area contributed by atoms with Crippen LogP contribution in [0.4, 0.5) is 5.69 Å². The highest BCUT2D eigenvalue weighted by Gasteiger charge is 2.15. The maximum Gasteiger partial charge on any atom is 0.275 e. The lowest BCUT2D eigenvalue weighted by molar-refractivity contribution is -0.118. The van der Waals surface area contributed by atoms with Crippen molar-refractivity contribution < 1.29 is 23.8 Å². The first-order valence-electron chi connectivity index (χ1n) is 11.5. The minimum Gasteiger partial charge on any atom is -0.496 e. The van der Waals surface area contributed by atoms with Gasteiger partial charge >= 0.3 is 0 Å². The molecule has 4 aromatic carbocycles. The fourth-order valence-electron chi connectivity index (χ4n) is 3.71. The second-order valence-electron chi connectivity index (χ2n) is 8.18. The van der Waals surface area contributed by atoms with Gasteiger partial charge in [0.1, 0.15) is 5.75 Å². The minimum absolute atomic E-state index is 0.240. The Morgan fingerprint density at radius 3 is 2.27 bits per heavy atom. The number of hydrogen-bond acceptors (Lipinski definition) is 6. The molecule has 37 heavy (non-hydrogen) atoms. The van der Waals surface area contributed by atoms with Crippen LogP contribution in [0.2, 0.25) is 0 Å². The molecule has 2 amide bonds. The third-order valence-corrected chi connectivity index (χ3v) is 5.59. The predicted molar refractivity (Wildman–Crippen MR) is 144 cm³/mol. The van der Waals surface area contributed by atoms with E-state index >= 15 is 0 Å². The van der Waals surface area contributed by atoms with Gasteiger partial charge in [0.2, 0.25) is 0 Å². The van der Waals surface area contributed by atoms with E-state index in [1.165, 1.54) is 20.4 Å². The van der Waals surface area contributed by atoms with Crippen LogP contribution in [-0.2, 0) is 4.79 Å². The van der Waals surface area contributed by atoms with Gasteiger partial charge in [-0.2, -0.15) is 5.10 Å². The zero-order chi connectivity index (χ0) is 26.2. The minimum atomic E-state index is -0.429. The van der Waals surface area contributed by atoms with Crippen LogP contribution in [0.1, 0.15) is 21.5 Å². The van der Waals surface area contributed by atoms with Gasteiger partial charge in [0.25, 0.3) is 11.8 Å². The highest BCUT2D eigenvalue weighted by molar-refractivity contribution is 6.02. The summed E-state index contributed by atoms with van der Waals surface area (Å²) in [6, 6.07) is 23.9. The highest BCUT2D eigenvalue weighted by Crippen LogP contribution is 2.30. The quantitative estimate of drug-likeness (QED) is 0.252. The third-order valence-electron chi connectivity index (χ3n) is 5.59. The number of methoxy groups -OCH3 is 2. The van der Waals surface area contributed by atoms with Crippen LogP contribution in [0.25, 0.3) is 10.8 Å². The summed E-state index contributed by atoms with van der Waals surface area (Å²) in [5.41, 5.74) is 5.17. The average molecular weight is 498 g/mol. The van der Waals surface area contributed by atoms with E-state index in [0.29, 0.717) is 34.1 Å². The van der Waals surface area contributed by atoms with Gasteiger partial charge in [-0.15, -0.1) is 0 Å². The van der Waals surface area contributed by atoms with Crippen molar-refractivity contribution in [2.45, 2.75) is 6.92 Å². The van der Waals surface area contributed by atoms with Crippen molar-refractivity contribution in [3.63, 3.8) is 0 Å². The second-order valence-corrected chi connectivity index (χ2v) is 8.18. The summed E-state index contributed by atoms with van der Waals surface area (Å²) in [4.78, 5) is 25.3. The molecule has 0 saturated heterocycles. The Kier molecular flexibility index (Phi) is 8.00. The van der Waals surface area contributed by atoms with Gasteiger partial charge in [0.05, 0.1) is 26.0 Å². The molecule has 0 aromatic heterocycles. The molecular weight excluding hydrogens is 470 g/mol. The van der Waals surface area contributed by atoms with Gasteiger partial charge in [-0.1, -0.05) is 48.0 Å². The molecular formula is C29H27N3O5. The molecule has 0 aliphatic carbocycles. The fraction of sp³-hybridized carbons (Fsp3) is 0.138. The lowest BCUT2D eigenvalue weighted by Crippen LogP contribution is -2.21. The van der Waals surface area contributed by atoms with Gasteiger partial charge in [-0.05, 0) is 54.1 Å². The maximum atomic E-state index is 12.9. The molecule has 0 radical (unpaired) electrons. The van der Waals surface area contributed by atoms with Gasteiger partial charge in [-0.25, -0.2) is 5.43 Å². The van der Waals surface area contributed by atoms with E-state index in [-0.39, 0.29) is 12.5 Å². The molecule has 0 fully saturated rings. The normalized spacial score (nSPS) is 10.8. The molecule has 0 bridgehead atoms. The molecule has 4 rings (SSSR count).